The highest BCUT2D eigenvalue weighted by Crippen LogP contribution is 2.32. The van der Waals surface area contributed by atoms with Crippen molar-refractivity contribution in [3.8, 4) is 0 Å². The Labute approximate surface area is 105 Å². The molecule has 2 amide bonds. The van der Waals surface area contributed by atoms with E-state index in [2.05, 4.69) is 5.32 Å². The average molecular weight is 252 g/mol. The van der Waals surface area contributed by atoms with Crippen LogP contribution < -0.4 is 5.32 Å². The Morgan fingerprint density at radius 3 is 2.94 bits per heavy atom. The summed E-state index contributed by atoms with van der Waals surface area (Å²) in [6.45, 7) is 0.297. The van der Waals surface area contributed by atoms with Crippen LogP contribution in [-0.4, -0.2) is 35.7 Å². The van der Waals surface area contributed by atoms with E-state index >= 15 is 0 Å². The molecule has 0 saturated heterocycles. The normalized spacial score (nSPS) is 16.2. The largest absolute Gasteiger partial charge is 0.391 e. The van der Waals surface area contributed by atoms with Gasteiger partial charge in [-0.3, -0.25) is 0 Å². The molecular formula is C13H17FN2O2. The molecule has 1 aliphatic carbocycles. The van der Waals surface area contributed by atoms with Crippen LogP contribution in [0.5, 0.6) is 0 Å². The Morgan fingerprint density at radius 2 is 2.33 bits per heavy atom. The first-order chi connectivity index (χ1) is 8.56. The van der Waals surface area contributed by atoms with E-state index in [9.17, 15) is 14.3 Å². The monoisotopic (exact) mass is 252 g/mol. The van der Waals surface area contributed by atoms with Gasteiger partial charge in [0, 0.05) is 19.3 Å². The molecule has 0 aliphatic heterocycles. The van der Waals surface area contributed by atoms with Crippen LogP contribution in [0.15, 0.2) is 24.3 Å². The summed E-state index contributed by atoms with van der Waals surface area (Å²) in [7, 11) is 1.61. The fourth-order valence-corrected chi connectivity index (χ4v) is 1.78. The zero-order valence-electron chi connectivity index (χ0n) is 10.3. The summed E-state index contributed by atoms with van der Waals surface area (Å²) in [6, 6.07) is 5.37. The van der Waals surface area contributed by atoms with Crippen LogP contribution in [0.3, 0.4) is 0 Å². The molecule has 1 unspecified atom stereocenters. The number of benzene rings is 1. The van der Waals surface area contributed by atoms with E-state index in [0.717, 1.165) is 12.8 Å². The van der Waals surface area contributed by atoms with E-state index in [0.29, 0.717) is 18.2 Å². The number of hydrogen-bond acceptors (Lipinski definition) is 2. The molecule has 0 spiro atoms. The van der Waals surface area contributed by atoms with Gasteiger partial charge in [0.15, 0.2) is 0 Å². The van der Waals surface area contributed by atoms with Crippen molar-refractivity contribution in [2.75, 3.05) is 18.9 Å². The molecule has 5 heteroatoms. The van der Waals surface area contributed by atoms with Crippen LogP contribution in [0.1, 0.15) is 12.8 Å². The first-order valence-electron chi connectivity index (χ1n) is 6.02. The molecule has 4 nitrogen and oxygen atoms in total. The first-order valence-corrected chi connectivity index (χ1v) is 6.02. The van der Waals surface area contributed by atoms with E-state index in [1.807, 2.05) is 0 Å². The number of aliphatic hydroxyl groups is 1. The summed E-state index contributed by atoms with van der Waals surface area (Å²) in [6.07, 6.45) is 1.59. The van der Waals surface area contributed by atoms with Gasteiger partial charge in [-0.05, 0) is 37.0 Å². The van der Waals surface area contributed by atoms with E-state index in [1.54, 1.807) is 13.1 Å². The number of aliphatic hydroxyl groups excluding tert-OH is 1. The van der Waals surface area contributed by atoms with Gasteiger partial charge >= 0.3 is 6.03 Å². The second-order valence-corrected chi connectivity index (χ2v) is 4.73. The van der Waals surface area contributed by atoms with Crippen LogP contribution >= 0.6 is 0 Å². The molecule has 1 aromatic carbocycles. The van der Waals surface area contributed by atoms with E-state index in [-0.39, 0.29) is 6.03 Å². The molecule has 0 bridgehead atoms. The van der Waals surface area contributed by atoms with Crippen molar-refractivity contribution in [1.29, 1.82) is 0 Å². The number of urea groups is 1. The van der Waals surface area contributed by atoms with Crippen molar-refractivity contribution in [1.82, 2.24) is 4.90 Å². The average Bonchev–Trinajstić information content (AvgIpc) is 3.12. The summed E-state index contributed by atoms with van der Waals surface area (Å²) in [4.78, 5) is 13.2. The summed E-state index contributed by atoms with van der Waals surface area (Å²) < 4.78 is 12.9. The Balaban J connectivity index is 1.86. The van der Waals surface area contributed by atoms with E-state index < -0.39 is 11.9 Å². The quantitative estimate of drug-likeness (QED) is 0.861. The minimum atomic E-state index is -0.465. The fourth-order valence-electron chi connectivity index (χ4n) is 1.78. The van der Waals surface area contributed by atoms with Gasteiger partial charge < -0.3 is 15.3 Å². The molecule has 2 rings (SSSR count). The number of rotatable bonds is 4. The number of hydrogen-bond donors (Lipinski definition) is 2. The minimum Gasteiger partial charge on any atom is -0.391 e. The summed E-state index contributed by atoms with van der Waals surface area (Å²) in [5, 5.41) is 12.3. The van der Waals surface area contributed by atoms with Crippen LogP contribution in [-0.2, 0) is 0 Å². The van der Waals surface area contributed by atoms with Gasteiger partial charge in [0.05, 0.1) is 6.10 Å². The van der Waals surface area contributed by atoms with Crippen molar-refractivity contribution >= 4 is 11.7 Å². The highest BCUT2D eigenvalue weighted by Gasteiger charge is 2.31. The Bertz CT molecular complexity index is 435. The maximum atomic E-state index is 12.9. The van der Waals surface area contributed by atoms with Gasteiger partial charge in [-0.15, -0.1) is 0 Å². The molecule has 2 N–H and O–H groups in total. The summed E-state index contributed by atoms with van der Waals surface area (Å²) in [5.74, 6) is -0.0668. The number of nitrogens with one attached hydrogen (secondary N) is 1. The lowest BCUT2D eigenvalue weighted by Crippen LogP contribution is -2.38. The number of halogens is 1. The van der Waals surface area contributed by atoms with Crippen LogP contribution in [0.2, 0.25) is 0 Å². The Kier molecular flexibility index (Phi) is 3.81. The first kappa shape index (κ1) is 12.8. The molecule has 98 valence electrons. The van der Waals surface area contributed by atoms with Crippen molar-refractivity contribution < 1.29 is 14.3 Å². The third-order valence-corrected chi connectivity index (χ3v) is 3.05. The zero-order chi connectivity index (χ0) is 13.1. The third kappa shape index (κ3) is 3.43. The Morgan fingerprint density at radius 1 is 1.61 bits per heavy atom. The van der Waals surface area contributed by atoms with Crippen molar-refractivity contribution in [3.05, 3.63) is 30.1 Å². The molecule has 1 saturated carbocycles. The molecule has 0 aromatic heterocycles. The topological polar surface area (TPSA) is 52.6 Å². The maximum absolute atomic E-state index is 12.9. The number of anilines is 1. The molecule has 0 radical (unpaired) electrons. The third-order valence-electron chi connectivity index (χ3n) is 3.05. The van der Waals surface area contributed by atoms with Gasteiger partial charge in [-0.25, -0.2) is 9.18 Å². The summed E-state index contributed by atoms with van der Waals surface area (Å²) in [5.41, 5.74) is 0.410. The lowest BCUT2D eigenvalue weighted by atomic mass is 10.2. The number of carbonyl (C=O) groups excluding carboxylic acids is 1. The van der Waals surface area contributed by atoms with Crippen molar-refractivity contribution in [2.45, 2.75) is 18.9 Å². The molecule has 0 heterocycles. The highest BCUT2D eigenvalue weighted by molar-refractivity contribution is 5.89. The van der Waals surface area contributed by atoms with E-state index in [1.165, 1.54) is 23.1 Å². The second-order valence-electron chi connectivity index (χ2n) is 4.73. The fraction of sp³-hybridized carbons (Fsp3) is 0.462. The molecular weight excluding hydrogens is 235 g/mol. The van der Waals surface area contributed by atoms with Gasteiger partial charge in [-0.2, -0.15) is 0 Å². The maximum Gasteiger partial charge on any atom is 0.321 e. The smallest absolute Gasteiger partial charge is 0.321 e. The SMILES string of the molecule is CN(CC(O)C1CC1)C(=O)Nc1cccc(F)c1. The second kappa shape index (κ2) is 5.35. The predicted octanol–water partition coefficient (Wildman–Crippen LogP) is 2.06. The Hall–Kier alpha value is -1.62. The lowest BCUT2D eigenvalue weighted by molar-refractivity contribution is 0.117. The van der Waals surface area contributed by atoms with Crippen molar-refractivity contribution in [2.24, 2.45) is 5.92 Å². The van der Waals surface area contributed by atoms with Crippen LogP contribution in [0.25, 0.3) is 0 Å². The molecule has 1 aliphatic rings. The minimum absolute atomic E-state index is 0.297. The predicted molar refractivity (Wildman–Crippen MR) is 66.8 cm³/mol. The van der Waals surface area contributed by atoms with E-state index in [4.69, 9.17) is 0 Å². The highest BCUT2D eigenvalue weighted by atomic mass is 19.1. The standard InChI is InChI=1S/C13H17FN2O2/c1-16(8-12(17)9-5-6-9)13(18)15-11-4-2-3-10(14)7-11/h2-4,7,9,12,17H,5-6,8H2,1H3,(H,15,18). The number of carbonyl (C=O) groups is 1. The van der Waals surface area contributed by atoms with Crippen molar-refractivity contribution in [3.63, 3.8) is 0 Å². The summed E-state index contributed by atoms with van der Waals surface area (Å²) >= 11 is 0. The van der Waals surface area contributed by atoms with Crippen LogP contribution in [0.4, 0.5) is 14.9 Å². The number of nitrogens with zero attached hydrogens (tertiary/aromatic N) is 1. The van der Waals surface area contributed by atoms with Crippen LogP contribution in [0, 0.1) is 11.7 Å². The zero-order valence-corrected chi connectivity index (χ0v) is 10.3. The van der Waals surface area contributed by atoms with Gasteiger partial charge in [0.2, 0.25) is 0 Å². The molecule has 1 fully saturated rings. The molecule has 18 heavy (non-hydrogen) atoms. The van der Waals surface area contributed by atoms with Gasteiger partial charge in [0.1, 0.15) is 5.82 Å². The lowest BCUT2D eigenvalue weighted by Gasteiger charge is -2.21. The number of amides is 2. The van der Waals surface area contributed by atoms with Gasteiger partial charge in [-0.1, -0.05) is 6.07 Å². The molecule has 1 atom stereocenters. The number of likely N-dealkylation sites (N-methyl/N-ethyl adjacent to an activating group) is 1. The molecule has 1 aromatic rings. The van der Waals surface area contributed by atoms with Gasteiger partial charge in [0.25, 0.3) is 0 Å².